The van der Waals surface area contributed by atoms with Crippen LogP contribution in [0.25, 0.3) is 5.57 Å². The lowest BCUT2D eigenvalue weighted by molar-refractivity contribution is -0.138. The number of Topliss-reactive ketones (excluding diaryl/α,β-unsaturated/α-hetero) is 1. The van der Waals surface area contributed by atoms with Crippen LogP contribution in [0.15, 0.2) is 23.8 Å². The lowest BCUT2D eigenvalue weighted by atomic mass is 9.61. The van der Waals surface area contributed by atoms with Crippen LogP contribution in [0.1, 0.15) is 70.4 Å². The van der Waals surface area contributed by atoms with E-state index in [-0.39, 0.29) is 16.9 Å². The van der Waals surface area contributed by atoms with Crippen molar-refractivity contribution in [1.82, 2.24) is 0 Å². The fourth-order valence-electron chi connectivity index (χ4n) is 4.99. The second kappa shape index (κ2) is 6.03. The first-order chi connectivity index (χ1) is 11.4. The number of fused-ring (bicyclic) bond motifs is 3. The van der Waals surface area contributed by atoms with Crippen molar-refractivity contribution in [2.75, 3.05) is 0 Å². The van der Waals surface area contributed by atoms with Gasteiger partial charge in [0.25, 0.3) is 0 Å². The number of carbonyl (C=O) groups excluding carboxylic acids is 1. The van der Waals surface area contributed by atoms with Crippen LogP contribution >= 0.6 is 0 Å². The Kier molecular flexibility index (Phi) is 4.33. The smallest absolute Gasteiger partial charge is 0.190 e. The van der Waals surface area contributed by atoms with Gasteiger partial charge in [-0.05, 0) is 67.0 Å². The van der Waals surface area contributed by atoms with Gasteiger partial charge in [0.1, 0.15) is 11.4 Å². The van der Waals surface area contributed by atoms with Crippen LogP contribution in [0.2, 0.25) is 0 Å². The molecule has 0 heterocycles. The van der Waals surface area contributed by atoms with E-state index < -0.39 is 5.60 Å². The number of carbonyl (C=O) groups is 1. The Balaban J connectivity index is 2.17. The van der Waals surface area contributed by atoms with Crippen LogP contribution in [0, 0.1) is 5.41 Å². The highest BCUT2D eigenvalue weighted by Gasteiger charge is 2.54. The van der Waals surface area contributed by atoms with Crippen LogP contribution < -0.4 is 0 Å². The number of rotatable bonds is 5. The molecule has 24 heavy (non-hydrogen) atoms. The minimum absolute atomic E-state index is 0.104. The van der Waals surface area contributed by atoms with Crippen molar-refractivity contribution in [1.29, 1.82) is 0 Å². The Hall–Kier alpha value is -1.61. The predicted molar refractivity (Wildman–Crippen MR) is 95.8 cm³/mol. The number of phenols is 1. The molecule has 0 bridgehead atoms. The largest absolute Gasteiger partial charge is 0.508 e. The molecule has 0 saturated heterocycles. The lowest BCUT2D eigenvalue weighted by Crippen LogP contribution is -2.48. The molecule has 130 valence electrons. The summed E-state index contributed by atoms with van der Waals surface area (Å²) in [7, 11) is 0. The number of allylic oxidation sites excluding steroid dienone is 1. The van der Waals surface area contributed by atoms with Crippen molar-refractivity contribution in [3.8, 4) is 5.75 Å². The van der Waals surface area contributed by atoms with Gasteiger partial charge in [-0.25, -0.2) is 0 Å². The van der Waals surface area contributed by atoms with Gasteiger partial charge in [-0.2, -0.15) is 0 Å². The lowest BCUT2D eigenvalue weighted by Gasteiger charge is -2.44. The van der Waals surface area contributed by atoms with Crippen molar-refractivity contribution in [3.05, 3.63) is 34.9 Å². The molecular formula is C21H28O3. The Morgan fingerprint density at radius 2 is 1.92 bits per heavy atom. The van der Waals surface area contributed by atoms with Gasteiger partial charge < -0.3 is 10.2 Å². The Morgan fingerprint density at radius 3 is 2.58 bits per heavy atom. The molecule has 3 rings (SSSR count). The molecule has 0 aliphatic heterocycles. The molecule has 1 aromatic rings. The molecule has 0 amide bonds. The van der Waals surface area contributed by atoms with Gasteiger partial charge in [-0.3, -0.25) is 4.79 Å². The number of phenolic OH excluding ortho intramolecular Hbond substituents is 1. The summed E-state index contributed by atoms with van der Waals surface area (Å²) in [4.78, 5) is 12.9. The van der Waals surface area contributed by atoms with Gasteiger partial charge in [0.05, 0.1) is 0 Å². The van der Waals surface area contributed by atoms with Crippen LogP contribution in [-0.4, -0.2) is 21.6 Å². The van der Waals surface area contributed by atoms with Crippen molar-refractivity contribution >= 4 is 11.4 Å². The summed E-state index contributed by atoms with van der Waals surface area (Å²) in [6, 6.07) is 5.46. The van der Waals surface area contributed by atoms with Crippen LogP contribution in [-0.2, 0) is 11.2 Å². The highest BCUT2D eigenvalue weighted by atomic mass is 16.3. The summed E-state index contributed by atoms with van der Waals surface area (Å²) in [6.45, 7) is 6.06. The number of hydrogen-bond donors (Lipinski definition) is 2. The van der Waals surface area contributed by atoms with Gasteiger partial charge in [-0.15, -0.1) is 0 Å². The third-order valence-corrected chi connectivity index (χ3v) is 5.86. The summed E-state index contributed by atoms with van der Waals surface area (Å²) in [5.41, 5.74) is 2.63. The first-order valence-corrected chi connectivity index (χ1v) is 9.17. The first kappa shape index (κ1) is 17.2. The first-order valence-electron chi connectivity index (χ1n) is 9.17. The van der Waals surface area contributed by atoms with Crippen LogP contribution in [0.3, 0.4) is 0 Å². The van der Waals surface area contributed by atoms with Crippen molar-refractivity contribution in [2.45, 2.75) is 71.3 Å². The van der Waals surface area contributed by atoms with Crippen LogP contribution in [0.5, 0.6) is 5.75 Å². The van der Waals surface area contributed by atoms with Gasteiger partial charge >= 0.3 is 0 Å². The average molecular weight is 328 g/mol. The van der Waals surface area contributed by atoms with E-state index in [4.69, 9.17) is 0 Å². The molecule has 3 heteroatoms. The molecular weight excluding hydrogens is 300 g/mol. The minimum Gasteiger partial charge on any atom is -0.508 e. The molecule has 0 fully saturated rings. The van der Waals surface area contributed by atoms with Gasteiger partial charge in [0.15, 0.2) is 5.78 Å². The Labute approximate surface area is 144 Å². The number of unbranched alkanes of at least 4 members (excludes halogenated alkanes) is 1. The number of aromatic hydroxyl groups is 1. The molecule has 2 aliphatic rings. The Morgan fingerprint density at radius 1 is 1.17 bits per heavy atom. The number of hydrogen-bond acceptors (Lipinski definition) is 3. The van der Waals surface area contributed by atoms with Gasteiger partial charge in [0, 0.05) is 5.41 Å². The summed E-state index contributed by atoms with van der Waals surface area (Å²) in [5.74, 6) is 0.166. The SMILES string of the molecule is CCCCC12Cc3cc(O)ccc3C1=C(C)C(=O)C(O)(CCC)C2. The fraction of sp³-hybridized carbons (Fsp3) is 0.571. The zero-order valence-corrected chi connectivity index (χ0v) is 15.0. The van der Waals surface area contributed by atoms with E-state index in [0.717, 1.165) is 54.4 Å². The molecule has 1 aromatic carbocycles. The molecule has 2 N–H and O–H groups in total. The maximum Gasteiger partial charge on any atom is 0.190 e. The topological polar surface area (TPSA) is 57.5 Å². The average Bonchev–Trinajstić information content (AvgIpc) is 2.84. The molecule has 0 radical (unpaired) electrons. The van der Waals surface area contributed by atoms with E-state index in [1.54, 1.807) is 6.07 Å². The molecule has 0 saturated carbocycles. The van der Waals surface area contributed by atoms with Crippen molar-refractivity contribution < 1.29 is 15.0 Å². The minimum atomic E-state index is -1.24. The molecule has 0 aromatic heterocycles. The molecule has 2 atom stereocenters. The Bertz CT molecular complexity index is 703. The maximum atomic E-state index is 12.9. The summed E-state index contributed by atoms with van der Waals surface area (Å²) in [5, 5.41) is 21.0. The summed E-state index contributed by atoms with van der Waals surface area (Å²) in [6.07, 6.45) is 5.78. The zero-order valence-electron chi connectivity index (χ0n) is 15.0. The second-order valence-electron chi connectivity index (χ2n) is 7.69. The van der Waals surface area contributed by atoms with Crippen molar-refractivity contribution in [3.63, 3.8) is 0 Å². The second-order valence-corrected chi connectivity index (χ2v) is 7.69. The maximum absolute atomic E-state index is 12.9. The van der Waals surface area contributed by atoms with E-state index in [1.807, 2.05) is 26.0 Å². The van der Waals surface area contributed by atoms with Gasteiger partial charge in [0.2, 0.25) is 0 Å². The monoisotopic (exact) mass is 328 g/mol. The normalized spacial score (nSPS) is 28.9. The molecule has 0 spiro atoms. The quantitative estimate of drug-likeness (QED) is 0.842. The molecule has 3 nitrogen and oxygen atoms in total. The van der Waals surface area contributed by atoms with Gasteiger partial charge in [-0.1, -0.05) is 39.2 Å². The fourth-order valence-corrected chi connectivity index (χ4v) is 4.99. The third kappa shape index (κ3) is 2.50. The standard InChI is InChI=1S/C21H28O3/c1-4-6-10-20-12-15-11-16(22)7-8-17(15)18(20)14(3)19(23)21(24,13-20)9-5-2/h7-8,11,22,24H,4-6,9-10,12-13H2,1-3H3. The van der Waals surface area contributed by atoms with E-state index in [0.29, 0.717) is 12.8 Å². The number of benzene rings is 1. The van der Waals surface area contributed by atoms with E-state index >= 15 is 0 Å². The highest BCUT2D eigenvalue weighted by molar-refractivity contribution is 6.10. The van der Waals surface area contributed by atoms with E-state index in [9.17, 15) is 15.0 Å². The predicted octanol–water partition coefficient (Wildman–Crippen LogP) is 4.40. The summed E-state index contributed by atoms with van der Waals surface area (Å²) < 4.78 is 0. The molecule has 2 aliphatic carbocycles. The highest BCUT2D eigenvalue weighted by Crippen LogP contribution is 2.59. The number of aliphatic hydroxyl groups is 1. The third-order valence-electron chi connectivity index (χ3n) is 5.86. The van der Waals surface area contributed by atoms with Crippen molar-refractivity contribution in [2.24, 2.45) is 5.41 Å². The van der Waals surface area contributed by atoms with E-state index in [1.165, 1.54) is 0 Å². The summed E-state index contributed by atoms with van der Waals surface area (Å²) >= 11 is 0. The van der Waals surface area contributed by atoms with E-state index in [2.05, 4.69) is 6.92 Å². The number of ketones is 1. The zero-order chi connectivity index (χ0) is 17.5. The molecule has 2 unspecified atom stereocenters. The van der Waals surface area contributed by atoms with Crippen LogP contribution in [0.4, 0.5) is 0 Å².